The molecule has 0 bridgehead atoms. The van der Waals surface area contributed by atoms with Crippen LogP contribution in [0.25, 0.3) is 0 Å². The fourth-order valence-electron chi connectivity index (χ4n) is 2.03. The lowest BCUT2D eigenvalue weighted by molar-refractivity contribution is 0.0238. The Bertz CT molecular complexity index is 317. The molecule has 1 aromatic rings. The van der Waals surface area contributed by atoms with Crippen molar-refractivity contribution in [2.24, 2.45) is 0 Å². The number of likely N-dealkylation sites (tertiary alicyclic amines) is 1. The maximum atomic E-state index is 12.5. The van der Waals surface area contributed by atoms with Gasteiger partial charge in [0.05, 0.1) is 0 Å². The van der Waals surface area contributed by atoms with Crippen molar-refractivity contribution in [1.82, 2.24) is 4.90 Å². The molecule has 82 valence electrons. The first-order chi connectivity index (χ1) is 7.22. The van der Waals surface area contributed by atoms with Gasteiger partial charge in [0.25, 0.3) is 0 Å². The third kappa shape index (κ3) is 2.55. The first kappa shape index (κ1) is 10.6. The molecular formula is C12H16FNO. The van der Waals surface area contributed by atoms with Gasteiger partial charge in [-0.25, -0.2) is 4.39 Å². The van der Waals surface area contributed by atoms with Crippen molar-refractivity contribution in [3.05, 3.63) is 35.9 Å². The first-order valence-corrected chi connectivity index (χ1v) is 5.26. The number of hydrogen-bond donors (Lipinski definition) is 1. The van der Waals surface area contributed by atoms with Crippen molar-refractivity contribution in [2.75, 3.05) is 19.8 Å². The topological polar surface area (TPSA) is 23.5 Å². The lowest BCUT2D eigenvalue weighted by Gasteiger charge is -2.19. The van der Waals surface area contributed by atoms with Gasteiger partial charge in [0.15, 0.2) is 0 Å². The molecule has 0 spiro atoms. The zero-order valence-corrected chi connectivity index (χ0v) is 8.69. The second-order valence-electron chi connectivity index (χ2n) is 4.30. The van der Waals surface area contributed by atoms with Crippen LogP contribution < -0.4 is 0 Å². The van der Waals surface area contributed by atoms with Gasteiger partial charge in [-0.1, -0.05) is 30.3 Å². The fourth-order valence-corrected chi connectivity index (χ4v) is 2.03. The quantitative estimate of drug-likeness (QED) is 0.817. The minimum absolute atomic E-state index is 0.443. The van der Waals surface area contributed by atoms with E-state index in [4.69, 9.17) is 0 Å². The van der Waals surface area contributed by atoms with E-state index in [1.807, 2.05) is 30.3 Å². The predicted molar refractivity (Wildman–Crippen MR) is 57.3 cm³/mol. The van der Waals surface area contributed by atoms with Crippen molar-refractivity contribution >= 4 is 0 Å². The van der Waals surface area contributed by atoms with Crippen LogP contribution in [0.5, 0.6) is 0 Å². The number of alkyl halides is 1. The lowest BCUT2D eigenvalue weighted by atomic mass is 10.1. The summed E-state index contributed by atoms with van der Waals surface area (Å²) in [5.74, 6) is 0. The highest BCUT2D eigenvalue weighted by molar-refractivity contribution is 5.14. The van der Waals surface area contributed by atoms with E-state index in [1.165, 1.54) is 5.56 Å². The zero-order valence-electron chi connectivity index (χ0n) is 8.69. The van der Waals surface area contributed by atoms with Crippen LogP contribution in [0.3, 0.4) is 0 Å². The van der Waals surface area contributed by atoms with Crippen molar-refractivity contribution in [1.29, 1.82) is 0 Å². The smallest absolute Gasteiger partial charge is 0.119 e. The van der Waals surface area contributed by atoms with Crippen LogP contribution in [-0.2, 0) is 6.54 Å². The van der Waals surface area contributed by atoms with Crippen molar-refractivity contribution in [3.8, 4) is 0 Å². The van der Waals surface area contributed by atoms with Crippen LogP contribution in [-0.4, -0.2) is 35.4 Å². The Morgan fingerprint density at radius 3 is 2.67 bits per heavy atom. The molecule has 2 nitrogen and oxygen atoms in total. The average Bonchev–Trinajstić information content (AvgIpc) is 2.63. The van der Waals surface area contributed by atoms with E-state index >= 15 is 0 Å². The van der Waals surface area contributed by atoms with Crippen molar-refractivity contribution < 1.29 is 9.50 Å². The fraction of sp³-hybridized carbons (Fsp3) is 0.500. The summed E-state index contributed by atoms with van der Waals surface area (Å²) in [7, 11) is 0. The summed E-state index contributed by atoms with van der Waals surface area (Å²) in [5.41, 5.74) is 0.106. The van der Waals surface area contributed by atoms with E-state index < -0.39 is 12.3 Å². The summed E-state index contributed by atoms with van der Waals surface area (Å²) >= 11 is 0. The van der Waals surface area contributed by atoms with Crippen LogP contribution in [0.2, 0.25) is 0 Å². The molecule has 1 N–H and O–H groups in total. The predicted octanol–water partition coefficient (Wildman–Crippen LogP) is 1.59. The second kappa shape index (κ2) is 4.29. The Morgan fingerprint density at radius 2 is 2.07 bits per heavy atom. The molecule has 0 aliphatic carbocycles. The van der Waals surface area contributed by atoms with Gasteiger partial charge in [0, 0.05) is 19.6 Å². The molecule has 1 fully saturated rings. The molecule has 0 radical (unpaired) electrons. The van der Waals surface area contributed by atoms with Gasteiger partial charge >= 0.3 is 0 Å². The number of nitrogens with zero attached hydrogens (tertiary/aromatic N) is 1. The third-order valence-corrected chi connectivity index (χ3v) is 2.91. The van der Waals surface area contributed by atoms with Crippen LogP contribution in [0.1, 0.15) is 12.0 Å². The van der Waals surface area contributed by atoms with E-state index in [0.29, 0.717) is 13.0 Å². The van der Waals surface area contributed by atoms with Gasteiger partial charge < -0.3 is 5.11 Å². The molecule has 0 aromatic heterocycles. The molecule has 1 aromatic carbocycles. The van der Waals surface area contributed by atoms with Gasteiger partial charge in [0.1, 0.15) is 12.3 Å². The van der Waals surface area contributed by atoms with E-state index in [2.05, 4.69) is 4.90 Å². The molecule has 1 heterocycles. The summed E-state index contributed by atoms with van der Waals surface area (Å²) in [6.07, 6.45) is 0.538. The summed E-state index contributed by atoms with van der Waals surface area (Å²) in [6, 6.07) is 10.1. The average molecular weight is 209 g/mol. The van der Waals surface area contributed by atoms with Gasteiger partial charge in [-0.15, -0.1) is 0 Å². The second-order valence-corrected chi connectivity index (χ2v) is 4.30. The number of benzene rings is 1. The van der Waals surface area contributed by atoms with Crippen LogP contribution in [0, 0.1) is 0 Å². The highest BCUT2D eigenvalue weighted by Crippen LogP contribution is 2.23. The van der Waals surface area contributed by atoms with E-state index in [0.717, 1.165) is 13.1 Å². The summed E-state index contributed by atoms with van der Waals surface area (Å²) in [6.45, 7) is 1.37. The number of β-amino-alcohol motifs (C(OH)–C–C–N with tert-alkyl or cyclic N) is 1. The van der Waals surface area contributed by atoms with E-state index in [-0.39, 0.29) is 0 Å². The van der Waals surface area contributed by atoms with Crippen LogP contribution >= 0.6 is 0 Å². The number of aliphatic hydroxyl groups is 1. The minimum atomic E-state index is -1.10. The number of halogens is 1. The normalized spacial score (nSPS) is 27.1. The molecule has 1 saturated heterocycles. The summed E-state index contributed by atoms with van der Waals surface area (Å²) < 4.78 is 12.5. The van der Waals surface area contributed by atoms with Gasteiger partial charge in [-0.05, 0) is 12.0 Å². The number of hydrogen-bond acceptors (Lipinski definition) is 2. The molecule has 2 rings (SSSR count). The first-order valence-electron chi connectivity index (χ1n) is 5.26. The molecule has 1 aliphatic rings. The van der Waals surface area contributed by atoms with Crippen molar-refractivity contribution in [2.45, 2.75) is 18.6 Å². The van der Waals surface area contributed by atoms with E-state index in [9.17, 15) is 9.50 Å². The van der Waals surface area contributed by atoms with Crippen LogP contribution in [0.15, 0.2) is 30.3 Å². The molecule has 1 unspecified atom stereocenters. The van der Waals surface area contributed by atoms with Crippen LogP contribution in [0.4, 0.5) is 4.39 Å². The highest BCUT2D eigenvalue weighted by atomic mass is 19.1. The Labute approximate surface area is 89.3 Å². The Balaban J connectivity index is 1.93. The van der Waals surface area contributed by atoms with Crippen molar-refractivity contribution in [3.63, 3.8) is 0 Å². The minimum Gasteiger partial charge on any atom is -0.386 e. The lowest BCUT2D eigenvalue weighted by Crippen LogP contribution is -2.35. The largest absolute Gasteiger partial charge is 0.386 e. The maximum absolute atomic E-state index is 12.5. The van der Waals surface area contributed by atoms with Gasteiger partial charge in [-0.3, -0.25) is 4.90 Å². The monoisotopic (exact) mass is 209 g/mol. The maximum Gasteiger partial charge on any atom is 0.119 e. The zero-order chi connectivity index (χ0) is 10.7. The molecule has 15 heavy (non-hydrogen) atoms. The van der Waals surface area contributed by atoms with E-state index in [1.54, 1.807) is 0 Å². The summed E-state index contributed by atoms with van der Waals surface area (Å²) in [4.78, 5) is 2.09. The molecular weight excluding hydrogens is 193 g/mol. The van der Waals surface area contributed by atoms with Gasteiger partial charge in [0.2, 0.25) is 0 Å². The highest BCUT2D eigenvalue weighted by Gasteiger charge is 2.35. The third-order valence-electron chi connectivity index (χ3n) is 2.91. The standard InChI is InChI=1S/C12H16FNO/c13-9-12(15)6-7-14(10-12)8-11-4-2-1-3-5-11/h1-5,15H,6-10H2. The SMILES string of the molecule is OC1(CF)CCN(Cc2ccccc2)C1. The molecule has 3 heteroatoms. The number of rotatable bonds is 3. The molecule has 0 saturated carbocycles. The molecule has 1 atom stereocenters. The molecule has 1 aliphatic heterocycles. The summed E-state index contributed by atoms with van der Waals surface area (Å²) in [5, 5.41) is 9.73. The Morgan fingerprint density at radius 1 is 1.33 bits per heavy atom. The Kier molecular flexibility index (Phi) is 3.03. The molecule has 0 amide bonds. The Hall–Kier alpha value is -0.930. The van der Waals surface area contributed by atoms with Gasteiger partial charge in [-0.2, -0.15) is 0 Å².